The number of methoxy groups -OCH3 is 2. The Hall–Kier alpha value is -4.51. The SMILES string of the molecule is C=CCOc1ccc([C@@H]2C(C(=O)OCC)=C(C)N=c3s/c(=C/c4cc(OC)c(O)c(OC)c4)c(=O)n32)cc1OCC. The summed E-state index contributed by atoms with van der Waals surface area (Å²) < 4.78 is 29.3. The molecule has 0 radical (unpaired) electrons. The predicted octanol–water partition coefficient (Wildman–Crippen LogP) is 3.48. The molecule has 0 amide bonds. The standard InChI is InChI=1S/C30H32N2O8S/c1-7-12-40-20-11-10-19(16-21(20)38-8-2)26-25(29(35)39-9-3)17(4)31-30-32(26)28(34)24(41-30)15-18-13-22(36-5)27(33)23(14-18)37-6/h7,10-11,13-16,26,33H,1,8-9,12H2,2-6H3/b24-15+/t26-/m1/s1. The van der Waals surface area contributed by atoms with E-state index in [9.17, 15) is 14.7 Å². The minimum atomic E-state index is -0.830. The van der Waals surface area contributed by atoms with Gasteiger partial charge in [-0.25, -0.2) is 9.79 Å². The molecule has 0 unspecified atom stereocenters. The normalized spacial score (nSPS) is 14.7. The van der Waals surface area contributed by atoms with E-state index in [2.05, 4.69) is 11.6 Å². The number of hydrogen-bond donors (Lipinski definition) is 1. The highest BCUT2D eigenvalue weighted by Gasteiger charge is 2.34. The predicted molar refractivity (Wildman–Crippen MR) is 155 cm³/mol. The molecule has 10 nitrogen and oxygen atoms in total. The lowest BCUT2D eigenvalue weighted by Gasteiger charge is -2.25. The van der Waals surface area contributed by atoms with Gasteiger partial charge in [-0.2, -0.15) is 0 Å². The van der Waals surface area contributed by atoms with Gasteiger partial charge in [0, 0.05) is 0 Å². The number of benzene rings is 2. The van der Waals surface area contributed by atoms with Gasteiger partial charge in [-0.1, -0.05) is 30.1 Å². The summed E-state index contributed by atoms with van der Waals surface area (Å²) in [5.74, 6) is 0.666. The Morgan fingerprint density at radius 2 is 1.78 bits per heavy atom. The molecule has 1 aliphatic rings. The minimum Gasteiger partial charge on any atom is -0.502 e. The van der Waals surface area contributed by atoms with Crippen molar-refractivity contribution in [3.05, 3.63) is 85.1 Å². The zero-order chi connectivity index (χ0) is 29.7. The molecule has 2 aromatic carbocycles. The number of aromatic nitrogens is 1. The summed E-state index contributed by atoms with van der Waals surface area (Å²) in [5, 5.41) is 10.3. The summed E-state index contributed by atoms with van der Waals surface area (Å²) in [5.41, 5.74) is 1.53. The van der Waals surface area contributed by atoms with E-state index in [1.807, 2.05) is 6.92 Å². The van der Waals surface area contributed by atoms with E-state index in [4.69, 9.17) is 23.7 Å². The van der Waals surface area contributed by atoms with Crippen LogP contribution in [-0.4, -0.2) is 49.7 Å². The van der Waals surface area contributed by atoms with Crippen molar-refractivity contribution in [2.24, 2.45) is 4.99 Å². The van der Waals surface area contributed by atoms with Gasteiger partial charge in [0.05, 0.1) is 49.3 Å². The first-order valence-electron chi connectivity index (χ1n) is 12.9. The van der Waals surface area contributed by atoms with E-state index in [1.165, 1.54) is 30.1 Å². The molecule has 4 rings (SSSR count). The number of thiazole rings is 1. The van der Waals surface area contributed by atoms with Crippen LogP contribution in [0.15, 0.2) is 64.0 Å². The van der Waals surface area contributed by atoms with E-state index < -0.39 is 12.0 Å². The zero-order valence-electron chi connectivity index (χ0n) is 23.6. The number of phenols is 1. The van der Waals surface area contributed by atoms with Gasteiger partial charge in [0.15, 0.2) is 27.8 Å². The van der Waals surface area contributed by atoms with Crippen molar-refractivity contribution in [3.8, 4) is 28.7 Å². The van der Waals surface area contributed by atoms with Crippen LogP contribution in [0.1, 0.15) is 37.9 Å². The van der Waals surface area contributed by atoms with Gasteiger partial charge in [-0.05, 0) is 62.2 Å². The van der Waals surface area contributed by atoms with E-state index >= 15 is 0 Å². The second kappa shape index (κ2) is 12.8. The number of esters is 1. The number of carbonyl (C=O) groups excluding carboxylic acids is 1. The molecule has 0 aliphatic carbocycles. The quantitative estimate of drug-likeness (QED) is 0.271. The number of nitrogens with zero attached hydrogens (tertiary/aromatic N) is 2. The smallest absolute Gasteiger partial charge is 0.338 e. The van der Waals surface area contributed by atoms with Crippen LogP contribution in [0.5, 0.6) is 28.7 Å². The third-order valence-electron chi connectivity index (χ3n) is 6.26. The monoisotopic (exact) mass is 580 g/mol. The van der Waals surface area contributed by atoms with Crippen LogP contribution in [0.4, 0.5) is 0 Å². The molecule has 1 atom stereocenters. The van der Waals surface area contributed by atoms with Crippen LogP contribution in [0.2, 0.25) is 0 Å². The molecule has 0 fully saturated rings. The summed E-state index contributed by atoms with van der Waals surface area (Å²) in [7, 11) is 2.85. The number of hydrogen-bond acceptors (Lipinski definition) is 10. The first kappa shape index (κ1) is 29.5. The molecule has 0 saturated heterocycles. The number of carbonyl (C=O) groups is 1. The maximum absolute atomic E-state index is 14.0. The van der Waals surface area contributed by atoms with Crippen molar-refractivity contribution in [3.63, 3.8) is 0 Å². The Balaban J connectivity index is 1.95. The van der Waals surface area contributed by atoms with Gasteiger partial charge in [0.25, 0.3) is 5.56 Å². The molecule has 0 saturated carbocycles. The topological polar surface area (TPSA) is 118 Å². The van der Waals surface area contributed by atoms with Crippen LogP contribution >= 0.6 is 11.3 Å². The van der Waals surface area contributed by atoms with Gasteiger partial charge in [0.2, 0.25) is 5.75 Å². The van der Waals surface area contributed by atoms with Crippen molar-refractivity contribution in [1.29, 1.82) is 0 Å². The molecule has 0 spiro atoms. The fourth-order valence-corrected chi connectivity index (χ4v) is 5.53. The van der Waals surface area contributed by atoms with E-state index in [-0.39, 0.29) is 41.6 Å². The summed E-state index contributed by atoms with van der Waals surface area (Å²) in [6.45, 7) is 9.82. The molecular weight excluding hydrogens is 548 g/mol. The molecule has 0 bridgehead atoms. The number of phenolic OH excluding ortho intramolecular Hbond substituents is 1. The van der Waals surface area contributed by atoms with Crippen molar-refractivity contribution < 1.29 is 33.6 Å². The third kappa shape index (κ3) is 5.85. The highest BCUT2D eigenvalue weighted by atomic mass is 32.1. The Bertz CT molecular complexity index is 1660. The van der Waals surface area contributed by atoms with E-state index in [0.29, 0.717) is 44.3 Å². The number of allylic oxidation sites excluding steroid dienone is 1. The summed E-state index contributed by atoms with van der Waals surface area (Å²) in [6.07, 6.45) is 3.29. The maximum Gasteiger partial charge on any atom is 0.338 e. The molecule has 1 aromatic heterocycles. The second-order valence-corrected chi connectivity index (χ2v) is 9.82. The van der Waals surface area contributed by atoms with E-state index in [0.717, 1.165) is 0 Å². The Morgan fingerprint density at radius 1 is 1.07 bits per heavy atom. The van der Waals surface area contributed by atoms with Gasteiger partial charge in [-0.3, -0.25) is 9.36 Å². The summed E-state index contributed by atoms with van der Waals surface area (Å²) in [6, 6.07) is 7.66. The van der Waals surface area contributed by atoms with Crippen molar-refractivity contribution in [2.75, 3.05) is 34.0 Å². The average molecular weight is 581 g/mol. The average Bonchev–Trinajstić information content (AvgIpc) is 3.26. The first-order chi connectivity index (χ1) is 19.8. The summed E-state index contributed by atoms with van der Waals surface area (Å²) in [4.78, 5) is 32.2. The first-order valence-corrected chi connectivity index (χ1v) is 13.7. The van der Waals surface area contributed by atoms with Crippen LogP contribution in [0, 0.1) is 0 Å². The molecule has 1 N–H and O–H groups in total. The number of ether oxygens (including phenoxy) is 5. The number of aromatic hydroxyl groups is 1. The van der Waals surface area contributed by atoms with Gasteiger partial charge < -0.3 is 28.8 Å². The lowest BCUT2D eigenvalue weighted by Crippen LogP contribution is -2.40. The van der Waals surface area contributed by atoms with Gasteiger partial charge >= 0.3 is 5.97 Å². The fourth-order valence-electron chi connectivity index (χ4n) is 4.49. The fraction of sp³-hybridized carbons (Fsp3) is 0.300. The molecule has 1 aliphatic heterocycles. The molecular formula is C30H32N2O8S. The zero-order valence-corrected chi connectivity index (χ0v) is 24.4. The maximum atomic E-state index is 14.0. The van der Waals surface area contributed by atoms with Crippen molar-refractivity contribution in [1.82, 2.24) is 4.57 Å². The summed E-state index contributed by atoms with van der Waals surface area (Å²) >= 11 is 1.18. The molecule has 11 heteroatoms. The minimum absolute atomic E-state index is 0.145. The molecule has 41 heavy (non-hydrogen) atoms. The Labute approximate surface area is 241 Å². The molecule has 216 valence electrons. The third-order valence-corrected chi connectivity index (χ3v) is 7.24. The number of rotatable bonds is 11. The number of fused-ring (bicyclic) bond motifs is 1. The largest absolute Gasteiger partial charge is 0.502 e. The Kier molecular flexibility index (Phi) is 9.18. The molecule has 2 heterocycles. The van der Waals surface area contributed by atoms with Crippen LogP contribution in [-0.2, 0) is 9.53 Å². The van der Waals surface area contributed by atoms with Gasteiger partial charge in [0.1, 0.15) is 6.61 Å². The van der Waals surface area contributed by atoms with Crippen LogP contribution < -0.4 is 33.8 Å². The highest BCUT2D eigenvalue weighted by molar-refractivity contribution is 7.07. The van der Waals surface area contributed by atoms with Gasteiger partial charge in [-0.15, -0.1) is 0 Å². The van der Waals surface area contributed by atoms with Crippen LogP contribution in [0.25, 0.3) is 6.08 Å². The Morgan fingerprint density at radius 3 is 2.39 bits per heavy atom. The lowest BCUT2D eigenvalue weighted by atomic mass is 9.95. The van der Waals surface area contributed by atoms with Crippen molar-refractivity contribution in [2.45, 2.75) is 26.8 Å². The lowest BCUT2D eigenvalue weighted by molar-refractivity contribution is -0.139. The van der Waals surface area contributed by atoms with Crippen molar-refractivity contribution >= 4 is 23.4 Å². The second-order valence-electron chi connectivity index (χ2n) is 8.82. The highest BCUT2D eigenvalue weighted by Crippen LogP contribution is 2.38. The van der Waals surface area contributed by atoms with E-state index in [1.54, 1.807) is 56.3 Å². The molecule has 3 aromatic rings. The van der Waals surface area contributed by atoms with Crippen LogP contribution in [0.3, 0.4) is 0 Å².